The Hall–Kier alpha value is -3.23. The third kappa shape index (κ3) is 3.16. The van der Waals surface area contributed by atoms with Gasteiger partial charge in [0.25, 0.3) is 0 Å². The highest BCUT2D eigenvalue weighted by atomic mass is 19.4. The minimum atomic E-state index is -4.53. The number of hydrogen-bond donors (Lipinski definition) is 1. The van der Waals surface area contributed by atoms with Crippen molar-refractivity contribution in [3.05, 3.63) is 59.2 Å². The predicted octanol–water partition coefficient (Wildman–Crippen LogP) is 4.26. The standard InChI is InChI=1S/C20H17F3N2O4/c1-19-10-15(14-8-11(17(26)28-2)6-7-16(14)29-19)24-18(27)25(19)13-5-3-4-12(9-13)20(21,22)23/h3-9,15H,10H2,1-2H3,(H,24,27)/t15-,19-/m0/s1. The highest BCUT2D eigenvalue weighted by Gasteiger charge is 2.50. The molecule has 2 heterocycles. The number of anilines is 1. The number of esters is 1. The van der Waals surface area contributed by atoms with Gasteiger partial charge < -0.3 is 14.8 Å². The molecule has 9 heteroatoms. The number of carbonyl (C=O) groups excluding carboxylic acids is 2. The third-order valence-electron chi connectivity index (χ3n) is 5.12. The Morgan fingerprint density at radius 2 is 2.03 bits per heavy atom. The van der Waals surface area contributed by atoms with Crippen molar-refractivity contribution in [3.8, 4) is 5.75 Å². The molecule has 1 N–H and O–H groups in total. The van der Waals surface area contributed by atoms with Crippen molar-refractivity contribution in [1.29, 1.82) is 0 Å². The highest BCUT2D eigenvalue weighted by molar-refractivity contribution is 5.95. The lowest BCUT2D eigenvalue weighted by Crippen LogP contribution is -2.65. The van der Waals surface area contributed by atoms with Crippen LogP contribution in [0.2, 0.25) is 0 Å². The average Bonchev–Trinajstić information content (AvgIpc) is 2.66. The molecule has 0 spiro atoms. The van der Waals surface area contributed by atoms with Crippen molar-refractivity contribution in [3.63, 3.8) is 0 Å². The smallest absolute Gasteiger partial charge is 0.416 e. The molecular formula is C20H17F3N2O4. The van der Waals surface area contributed by atoms with Crippen molar-refractivity contribution in [2.75, 3.05) is 12.0 Å². The van der Waals surface area contributed by atoms with E-state index in [0.29, 0.717) is 16.9 Å². The number of benzene rings is 2. The minimum absolute atomic E-state index is 0.0768. The molecule has 1 fully saturated rings. The van der Waals surface area contributed by atoms with E-state index in [1.165, 1.54) is 30.2 Å². The molecule has 2 atom stereocenters. The lowest BCUT2D eigenvalue weighted by Gasteiger charge is -2.50. The summed E-state index contributed by atoms with van der Waals surface area (Å²) in [5.74, 6) is -0.0813. The zero-order chi connectivity index (χ0) is 21.0. The number of carbonyl (C=O) groups is 2. The summed E-state index contributed by atoms with van der Waals surface area (Å²) in [7, 11) is 1.27. The first-order valence-corrected chi connectivity index (χ1v) is 8.82. The van der Waals surface area contributed by atoms with Gasteiger partial charge in [-0.25, -0.2) is 9.59 Å². The fourth-order valence-electron chi connectivity index (χ4n) is 3.83. The first kappa shape index (κ1) is 19.1. The van der Waals surface area contributed by atoms with Crippen molar-refractivity contribution < 1.29 is 32.2 Å². The fourth-order valence-corrected chi connectivity index (χ4v) is 3.83. The maximum Gasteiger partial charge on any atom is 0.416 e. The second-order valence-corrected chi connectivity index (χ2v) is 7.11. The van der Waals surface area contributed by atoms with E-state index < -0.39 is 35.5 Å². The first-order valence-electron chi connectivity index (χ1n) is 8.82. The van der Waals surface area contributed by atoms with Gasteiger partial charge in [-0.15, -0.1) is 0 Å². The summed E-state index contributed by atoms with van der Waals surface area (Å²) in [6, 6.07) is 8.22. The summed E-state index contributed by atoms with van der Waals surface area (Å²) in [5, 5.41) is 2.79. The molecule has 152 valence electrons. The minimum Gasteiger partial charge on any atom is -0.467 e. The summed E-state index contributed by atoms with van der Waals surface area (Å²) in [6.07, 6.45) is -4.25. The number of urea groups is 1. The third-order valence-corrected chi connectivity index (χ3v) is 5.12. The summed E-state index contributed by atoms with van der Waals surface area (Å²) in [4.78, 5) is 25.8. The van der Waals surface area contributed by atoms with Gasteiger partial charge in [0.2, 0.25) is 0 Å². The molecule has 0 saturated carbocycles. The van der Waals surface area contributed by atoms with Crippen LogP contribution >= 0.6 is 0 Å². The number of methoxy groups -OCH3 is 1. The van der Waals surface area contributed by atoms with Gasteiger partial charge in [0.05, 0.1) is 30.0 Å². The van der Waals surface area contributed by atoms with Crippen LogP contribution in [0.25, 0.3) is 0 Å². The summed E-state index contributed by atoms with van der Waals surface area (Å²) in [6.45, 7) is 1.65. The molecule has 2 aliphatic rings. The lowest BCUT2D eigenvalue weighted by atomic mass is 9.89. The molecular weight excluding hydrogens is 389 g/mol. The van der Waals surface area contributed by atoms with Gasteiger partial charge in [-0.05, 0) is 43.3 Å². The van der Waals surface area contributed by atoms with Crippen LogP contribution < -0.4 is 15.0 Å². The fraction of sp³-hybridized carbons (Fsp3) is 0.300. The molecule has 0 aliphatic carbocycles. The largest absolute Gasteiger partial charge is 0.467 e. The molecule has 29 heavy (non-hydrogen) atoms. The van der Waals surface area contributed by atoms with E-state index in [4.69, 9.17) is 9.47 Å². The van der Waals surface area contributed by atoms with Gasteiger partial charge in [0, 0.05) is 12.0 Å². The second-order valence-electron chi connectivity index (χ2n) is 7.11. The number of fused-ring (bicyclic) bond motifs is 4. The molecule has 0 unspecified atom stereocenters. The van der Waals surface area contributed by atoms with E-state index in [0.717, 1.165) is 12.1 Å². The SMILES string of the molecule is COC(=O)c1ccc2c(c1)[C@@H]1C[C@](C)(O2)N(c2cccc(C(F)(F)F)c2)C(=O)N1. The number of amides is 2. The van der Waals surface area contributed by atoms with E-state index in [-0.39, 0.29) is 12.1 Å². The van der Waals surface area contributed by atoms with Gasteiger partial charge >= 0.3 is 18.2 Å². The summed E-state index contributed by atoms with van der Waals surface area (Å²) in [5.41, 5.74) is -1.05. The van der Waals surface area contributed by atoms with Crippen LogP contribution in [0, 0.1) is 0 Å². The molecule has 2 bridgehead atoms. The predicted molar refractivity (Wildman–Crippen MR) is 96.6 cm³/mol. The Bertz CT molecular complexity index is 1010. The van der Waals surface area contributed by atoms with Crippen LogP contribution in [0.4, 0.5) is 23.7 Å². The molecule has 1 saturated heterocycles. The van der Waals surface area contributed by atoms with E-state index in [9.17, 15) is 22.8 Å². The van der Waals surface area contributed by atoms with Gasteiger partial charge in [-0.3, -0.25) is 4.90 Å². The topological polar surface area (TPSA) is 67.9 Å². The van der Waals surface area contributed by atoms with Crippen LogP contribution in [0.1, 0.15) is 40.9 Å². The number of ether oxygens (including phenoxy) is 2. The Kier molecular flexibility index (Phi) is 4.21. The number of nitrogens with one attached hydrogen (secondary N) is 1. The molecule has 2 aliphatic heterocycles. The van der Waals surface area contributed by atoms with E-state index in [1.54, 1.807) is 19.1 Å². The van der Waals surface area contributed by atoms with Crippen LogP contribution in [-0.2, 0) is 10.9 Å². The lowest BCUT2D eigenvalue weighted by molar-refractivity contribution is -0.137. The Balaban J connectivity index is 1.74. The quantitative estimate of drug-likeness (QED) is 0.757. The van der Waals surface area contributed by atoms with Gasteiger partial charge in [-0.1, -0.05) is 6.07 Å². The van der Waals surface area contributed by atoms with Gasteiger partial charge in [-0.2, -0.15) is 13.2 Å². The molecule has 2 aromatic rings. The van der Waals surface area contributed by atoms with Gasteiger partial charge in [0.15, 0.2) is 5.72 Å². The molecule has 0 aromatic heterocycles. The maximum atomic E-state index is 13.1. The van der Waals surface area contributed by atoms with E-state index >= 15 is 0 Å². The number of rotatable bonds is 2. The molecule has 2 aromatic carbocycles. The zero-order valence-electron chi connectivity index (χ0n) is 15.5. The average molecular weight is 406 g/mol. The zero-order valence-corrected chi connectivity index (χ0v) is 15.5. The summed E-state index contributed by atoms with van der Waals surface area (Å²) < 4.78 is 50.1. The summed E-state index contributed by atoms with van der Waals surface area (Å²) >= 11 is 0. The highest BCUT2D eigenvalue weighted by Crippen LogP contribution is 2.46. The molecule has 0 radical (unpaired) electrons. The van der Waals surface area contributed by atoms with Crippen molar-refractivity contribution in [2.24, 2.45) is 0 Å². The maximum absolute atomic E-state index is 13.1. The van der Waals surface area contributed by atoms with E-state index in [1.807, 2.05) is 0 Å². The van der Waals surface area contributed by atoms with Crippen LogP contribution in [0.3, 0.4) is 0 Å². The molecule has 6 nitrogen and oxygen atoms in total. The Morgan fingerprint density at radius 3 is 2.72 bits per heavy atom. The Labute approximate surface area is 164 Å². The number of hydrogen-bond acceptors (Lipinski definition) is 4. The van der Waals surface area contributed by atoms with Crippen molar-refractivity contribution in [1.82, 2.24) is 5.32 Å². The van der Waals surface area contributed by atoms with Crippen LogP contribution in [0.5, 0.6) is 5.75 Å². The number of halogens is 3. The van der Waals surface area contributed by atoms with Crippen LogP contribution in [0.15, 0.2) is 42.5 Å². The number of nitrogens with zero attached hydrogens (tertiary/aromatic N) is 1. The first-order chi connectivity index (χ1) is 13.6. The normalized spacial score (nSPS) is 23.0. The van der Waals surface area contributed by atoms with Crippen molar-refractivity contribution >= 4 is 17.7 Å². The van der Waals surface area contributed by atoms with Crippen molar-refractivity contribution in [2.45, 2.75) is 31.3 Å². The Morgan fingerprint density at radius 1 is 1.28 bits per heavy atom. The van der Waals surface area contributed by atoms with E-state index in [2.05, 4.69) is 5.32 Å². The molecule has 4 rings (SSSR count). The second kappa shape index (κ2) is 6.40. The molecule has 2 amide bonds. The monoisotopic (exact) mass is 406 g/mol. The van der Waals surface area contributed by atoms with Gasteiger partial charge in [0.1, 0.15) is 5.75 Å². The van der Waals surface area contributed by atoms with Crippen LogP contribution in [-0.4, -0.2) is 24.8 Å². The number of alkyl halides is 3.